The maximum absolute atomic E-state index is 6.62. The third kappa shape index (κ3) is 14.9. The van der Waals surface area contributed by atoms with Crippen molar-refractivity contribution in [3.8, 4) is 142 Å². The van der Waals surface area contributed by atoms with Crippen LogP contribution in [0, 0.1) is 0 Å². The first-order valence-electron chi connectivity index (χ1n) is 48.0. The molecule has 0 aliphatic heterocycles. The Labute approximate surface area is 824 Å². The fourth-order valence-corrected chi connectivity index (χ4v) is 20.5. The largest absolute Gasteiger partial charge is 0.456 e. The van der Waals surface area contributed by atoms with Crippen LogP contribution in [0.2, 0.25) is 0 Å². The Hall–Kier alpha value is -19.8. The highest BCUT2D eigenvalue weighted by atomic mass is 16.3. The van der Waals surface area contributed by atoms with E-state index in [1.807, 2.05) is 218 Å². The van der Waals surface area contributed by atoms with E-state index in [4.69, 9.17) is 58.1 Å². The highest BCUT2D eigenvalue weighted by Gasteiger charge is 2.27. The Kier molecular flexibility index (Phi) is 20.5. The van der Waals surface area contributed by atoms with Crippen molar-refractivity contribution in [2.24, 2.45) is 0 Å². The number of benzene rings is 20. The lowest BCUT2D eigenvalue weighted by molar-refractivity contribution is 0.668. The zero-order chi connectivity index (χ0) is 95.1. The maximum atomic E-state index is 6.62. The lowest BCUT2D eigenvalue weighted by Crippen LogP contribution is -2.00. The molecule has 9 heterocycles. The van der Waals surface area contributed by atoms with E-state index in [1.54, 1.807) is 0 Å². The van der Waals surface area contributed by atoms with Gasteiger partial charge >= 0.3 is 0 Å². The predicted molar refractivity (Wildman–Crippen MR) is 584 cm³/mol. The fraction of sp³-hybridized carbons (Fsp3) is 0. The first-order valence-corrected chi connectivity index (χ1v) is 48.0. The van der Waals surface area contributed by atoms with E-state index in [0.29, 0.717) is 52.4 Å². The number of rotatable bonds is 14. The molecule has 0 aliphatic rings. The topological polar surface area (TPSA) is 170 Å². The van der Waals surface area contributed by atoms with Crippen molar-refractivity contribution in [2.75, 3.05) is 0 Å². The zero-order valence-corrected chi connectivity index (χ0v) is 77.3. The molecule has 9 aromatic heterocycles. The number of aromatic nitrogens is 12. The summed E-state index contributed by atoms with van der Waals surface area (Å²) in [6.45, 7) is 0. The second kappa shape index (κ2) is 35.3. The van der Waals surface area contributed by atoms with Gasteiger partial charge in [-0.2, -0.15) is 0 Å². The smallest absolute Gasteiger partial charge is 0.164 e. The molecule has 20 aromatic carbocycles. The van der Waals surface area contributed by atoms with E-state index >= 15 is 0 Å². The summed E-state index contributed by atoms with van der Waals surface area (Å²) in [4.78, 5) is 44.8. The molecule has 0 spiro atoms. The van der Waals surface area contributed by atoms with Crippen LogP contribution in [-0.2, 0) is 0 Å². The van der Waals surface area contributed by atoms with Gasteiger partial charge in [0.15, 0.2) is 52.4 Å². The molecule has 0 aliphatic carbocycles. The van der Waals surface area contributed by atoms with Gasteiger partial charge in [-0.3, -0.25) is 0 Å². The second-order valence-corrected chi connectivity index (χ2v) is 35.8. The first kappa shape index (κ1) is 83.6. The van der Waals surface area contributed by atoms with Crippen molar-refractivity contribution in [2.45, 2.75) is 0 Å². The standard InChI is InChI=1S/2C45H28N4O.C39H24N4O/c1-4-13-29(14-5-1)32-23-26-39-37(27-32)34-19-10-11-21-38(34)49(39)33-24-25-35-41(28-33)50-40-22-12-20-36(42(35)40)45-47-43(30-15-6-2-7-16-30)46-44(48-45)31-17-8-3-9-18-31;1-4-13-29(14-5-1)32-23-25-35-34-19-10-11-21-38(34)49(39(35)27-32)33-24-26-36-41(28-33)50-40-22-12-20-37(42(36)40)45-47-43(30-15-6-2-7-16-30)46-44(48-45)31-17-8-3-9-18-31;1-3-12-25(13-4-1)37-40-38(26-14-5-2-6-15-26)42-39(41-37)31-18-11-21-34-36(31)30-23-22-27(24-35(30)44-34)43-32-19-9-7-16-28(32)29-17-8-10-20-33(29)43/h2*1-28H;1-24H. The van der Waals surface area contributed by atoms with Gasteiger partial charge in [-0.05, 0) is 119 Å². The molecule has 0 atom stereocenters. The van der Waals surface area contributed by atoms with Gasteiger partial charge in [0.1, 0.15) is 33.5 Å². The first-order chi connectivity index (χ1) is 71.4. The van der Waals surface area contributed by atoms with Crippen molar-refractivity contribution in [1.82, 2.24) is 58.6 Å². The average Bonchev–Trinajstić information content (AvgIpc) is 1.58. The fourth-order valence-electron chi connectivity index (χ4n) is 20.5. The van der Waals surface area contributed by atoms with E-state index in [9.17, 15) is 0 Å². The van der Waals surface area contributed by atoms with Crippen molar-refractivity contribution < 1.29 is 13.3 Å². The van der Waals surface area contributed by atoms with E-state index in [2.05, 4.69) is 281 Å². The number of hydrogen-bond acceptors (Lipinski definition) is 12. The van der Waals surface area contributed by atoms with Gasteiger partial charge in [-0.25, -0.2) is 44.9 Å². The summed E-state index contributed by atoms with van der Waals surface area (Å²) in [5.41, 5.74) is 27.9. The molecule has 15 heteroatoms. The summed E-state index contributed by atoms with van der Waals surface area (Å²) >= 11 is 0. The Morgan fingerprint density at radius 1 is 0.132 bits per heavy atom. The Morgan fingerprint density at radius 2 is 0.361 bits per heavy atom. The number of hydrogen-bond donors (Lipinski definition) is 0. The quantitative estimate of drug-likeness (QED) is 0.101. The average molecular weight is 1850 g/mol. The van der Waals surface area contributed by atoms with Gasteiger partial charge in [-0.1, -0.05) is 370 Å². The molecule has 0 amide bonds. The van der Waals surface area contributed by atoms with Crippen molar-refractivity contribution in [3.05, 3.63) is 485 Å². The summed E-state index contributed by atoms with van der Waals surface area (Å²) in [7, 11) is 0. The van der Waals surface area contributed by atoms with Crippen molar-refractivity contribution in [3.63, 3.8) is 0 Å². The van der Waals surface area contributed by atoms with Crippen LogP contribution in [0.5, 0.6) is 0 Å². The van der Waals surface area contributed by atoms with Crippen LogP contribution in [0.1, 0.15) is 0 Å². The Bertz CT molecular complexity index is 9790. The van der Waals surface area contributed by atoms with Crippen molar-refractivity contribution in [1.29, 1.82) is 0 Å². The summed E-state index contributed by atoms with van der Waals surface area (Å²) < 4.78 is 26.7. The minimum absolute atomic E-state index is 0.603. The lowest BCUT2D eigenvalue weighted by atomic mass is 10.0. The number of para-hydroxylation sites is 4. The van der Waals surface area contributed by atoms with E-state index in [0.717, 1.165) is 166 Å². The van der Waals surface area contributed by atoms with Gasteiger partial charge in [-0.15, -0.1) is 0 Å². The highest BCUT2D eigenvalue weighted by Crippen LogP contribution is 2.46. The third-order valence-electron chi connectivity index (χ3n) is 27.2. The van der Waals surface area contributed by atoms with Crippen LogP contribution >= 0.6 is 0 Å². The van der Waals surface area contributed by atoms with Gasteiger partial charge in [0.25, 0.3) is 0 Å². The Morgan fingerprint density at radius 3 is 0.667 bits per heavy atom. The predicted octanol–water partition coefficient (Wildman–Crippen LogP) is 32.9. The minimum Gasteiger partial charge on any atom is -0.456 e. The molecule has 29 rings (SSSR count). The molecule has 15 nitrogen and oxygen atoms in total. The van der Waals surface area contributed by atoms with E-state index in [1.165, 1.54) is 54.6 Å². The summed E-state index contributed by atoms with van der Waals surface area (Å²) in [5.74, 6) is 5.59. The number of nitrogens with zero attached hydrogens (tertiary/aromatic N) is 12. The molecule has 0 radical (unpaired) electrons. The van der Waals surface area contributed by atoms with Gasteiger partial charge in [0.05, 0.1) is 33.1 Å². The number of furan rings is 3. The molecule has 144 heavy (non-hydrogen) atoms. The Balaban J connectivity index is 0.000000108. The highest BCUT2D eigenvalue weighted by molar-refractivity contribution is 6.18. The third-order valence-corrected chi connectivity index (χ3v) is 27.2. The summed E-state index contributed by atoms with van der Waals surface area (Å²) in [5, 5.41) is 13.3. The molecule has 674 valence electrons. The molecule has 0 saturated carbocycles. The normalized spacial score (nSPS) is 11.6. The van der Waals surface area contributed by atoms with E-state index in [-0.39, 0.29) is 0 Å². The van der Waals surface area contributed by atoms with Crippen LogP contribution in [0.15, 0.2) is 499 Å². The lowest BCUT2D eigenvalue weighted by Gasteiger charge is -2.10. The van der Waals surface area contributed by atoms with Gasteiger partial charge < -0.3 is 27.0 Å². The van der Waals surface area contributed by atoms with E-state index < -0.39 is 0 Å². The minimum atomic E-state index is 0.603. The summed E-state index contributed by atoms with van der Waals surface area (Å²) in [6.07, 6.45) is 0. The molecule has 0 fully saturated rings. The molecular formula is C129H80N12O3. The molecule has 0 unspecified atom stereocenters. The summed E-state index contributed by atoms with van der Waals surface area (Å²) in [6, 6.07) is 167. The monoisotopic (exact) mass is 1840 g/mol. The van der Waals surface area contributed by atoms with Gasteiger partial charge in [0.2, 0.25) is 0 Å². The molecule has 0 saturated heterocycles. The SMILES string of the molecule is c1ccc(-c2ccc3c(c2)c2ccccc2n3-c2ccc3c(c2)oc2cccc(-c4nc(-c5ccccc5)nc(-c5ccccc5)n4)c23)cc1.c1ccc(-c2ccc3c4ccccc4n(-c4ccc5c(c4)oc4cccc(-c6nc(-c7ccccc7)nc(-c7ccccc7)n6)c45)c3c2)cc1.c1ccc(-c2nc(-c3ccccc3)nc(-c3cccc4oc5cc(-n6c7ccccc7c7ccccc76)ccc5c34)n2)cc1. The molecule has 0 bridgehead atoms. The van der Waals surface area contributed by atoms with Crippen LogP contribution in [0.3, 0.4) is 0 Å². The van der Waals surface area contributed by atoms with Crippen molar-refractivity contribution >= 4 is 131 Å². The molecular weight excluding hydrogens is 1770 g/mol. The number of fused-ring (bicyclic) bond motifs is 18. The maximum Gasteiger partial charge on any atom is 0.164 e. The molecule has 0 N–H and O–H groups in total. The second-order valence-electron chi connectivity index (χ2n) is 35.8. The van der Waals surface area contributed by atoms with Crippen LogP contribution in [0.25, 0.3) is 273 Å². The van der Waals surface area contributed by atoms with Crippen LogP contribution < -0.4 is 0 Å². The van der Waals surface area contributed by atoms with Crippen LogP contribution in [-0.4, -0.2) is 58.6 Å². The zero-order valence-electron chi connectivity index (χ0n) is 77.3. The van der Waals surface area contributed by atoms with Crippen LogP contribution in [0.4, 0.5) is 0 Å². The van der Waals surface area contributed by atoms with Gasteiger partial charge in [0, 0.05) is 150 Å². The molecule has 29 aromatic rings.